The molecule has 1 aliphatic heterocycles. The van der Waals surface area contributed by atoms with Crippen molar-refractivity contribution in [3.63, 3.8) is 0 Å². The Hall–Kier alpha value is -1.44. The zero-order valence-electron chi connectivity index (χ0n) is 13.5. The molecular weight excluding hydrogens is 352 g/mol. The minimum Gasteiger partial charge on any atom is -0.353 e. The van der Waals surface area contributed by atoms with E-state index < -0.39 is 10.0 Å². The lowest BCUT2D eigenvalue weighted by molar-refractivity contribution is -0.125. The number of benzene rings is 1. The maximum Gasteiger partial charge on any atom is 0.243 e. The molecule has 1 aliphatic rings. The van der Waals surface area contributed by atoms with Crippen molar-refractivity contribution >= 4 is 33.3 Å². The van der Waals surface area contributed by atoms with Crippen molar-refractivity contribution in [3.8, 4) is 0 Å². The summed E-state index contributed by atoms with van der Waals surface area (Å²) in [5.74, 6) is -0.182. The second-order valence-corrected chi connectivity index (χ2v) is 8.28. The highest BCUT2D eigenvalue weighted by Gasteiger charge is 2.29. The van der Waals surface area contributed by atoms with Crippen molar-refractivity contribution in [2.45, 2.75) is 43.5 Å². The Morgan fingerprint density at radius 1 is 1.17 bits per heavy atom. The molecule has 1 saturated heterocycles. The van der Waals surface area contributed by atoms with Gasteiger partial charge in [0.05, 0.1) is 4.90 Å². The fraction of sp³-hybridized carbons (Fsp3) is 0.500. The molecule has 0 saturated carbocycles. The van der Waals surface area contributed by atoms with Crippen LogP contribution in [0.3, 0.4) is 0 Å². The molecule has 1 amide bonds. The van der Waals surface area contributed by atoms with E-state index in [9.17, 15) is 18.0 Å². The van der Waals surface area contributed by atoms with Crippen LogP contribution in [0, 0.1) is 0 Å². The van der Waals surface area contributed by atoms with Crippen LogP contribution in [0.4, 0.5) is 0 Å². The lowest BCUT2D eigenvalue weighted by Crippen LogP contribution is -2.46. The number of piperidine rings is 1. The van der Waals surface area contributed by atoms with Gasteiger partial charge in [-0.25, -0.2) is 8.42 Å². The number of ketones is 1. The maximum absolute atomic E-state index is 12.6. The van der Waals surface area contributed by atoms with Crippen molar-refractivity contribution < 1.29 is 18.0 Å². The van der Waals surface area contributed by atoms with Crippen LogP contribution in [0.1, 0.15) is 32.6 Å². The third kappa shape index (κ3) is 5.03. The third-order valence-electron chi connectivity index (χ3n) is 3.97. The highest BCUT2D eigenvalue weighted by molar-refractivity contribution is 7.89. The van der Waals surface area contributed by atoms with Crippen LogP contribution in [0.2, 0.25) is 5.02 Å². The minimum atomic E-state index is -3.53. The van der Waals surface area contributed by atoms with Gasteiger partial charge < -0.3 is 10.1 Å². The Bertz CT molecular complexity index is 695. The van der Waals surface area contributed by atoms with E-state index in [0.29, 0.717) is 31.0 Å². The lowest BCUT2D eigenvalue weighted by atomic mass is 10.1. The average Bonchev–Trinajstić information content (AvgIpc) is 2.54. The number of carbonyl (C=O) groups is 2. The molecule has 1 heterocycles. The third-order valence-corrected chi connectivity index (χ3v) is 6.14. The molecule has 0 unspecified atom stereocenters. The van der Waals surface area contributed by atoms with E-state index in [1.165, 1.54) is 23.4 Å². The molecule has 1 fully saturated rings. The molecule has 1 N–H and O–H groups in total. The van der Waals surface area contributed by atoms with Gasteiger partial charge in [0.15, 0.2) is 0 Å². The molecule has 2 rings (SSSR count). The van der Waals surface area contributed by atoms with Gasteiger partial charge in [0.1, 0.15) is 5.78 Å². The topological polar surface area (TPSA) is 83.6 Å². The number of hydrogen-bond donors (Lipinski definition) is 1. The molecule has 1 aromatic carbocycles. The quantitative estimate of drug-likeness (QED) is 0.827. The van der Waals surface area contributed by atoms with Crippen molar-refractivity contribution in [3.05, 3.63) is 29.3 Å². The highest BCUT2D eigenvalue weighted by atomic mass is 35.5. The summed E-state index contributed by atoms with van der Waals surface area (Å²) in [4.78, 5) is 22.8. The predicted molar refractivity (Wildman–Crippen MR) is 91.3 cm³/mol. The van der Waals surface area contributed by atoms with Gasteiger partial charge in [0, 0.05) is 37.0 Å². The second-order valence-electron chi connectivity index (χ2n) is 5.90. The summed E-state index contributed by atoms with van der Waals surface area (Å²) in [5.41, 5.74) is 0. The predicted octanol–water partition coefficient (Wildman–Crippen LogP) is 1.98. The van der Waals surface area contributed by atoms with Gasteiger partial charge in [-0.05, 0) is 44.0 Å². The molecule has 8 heteroatoms. The minimum absolute atomic E-state index is 0.0194. The number of amides is 1. The highest BCUT2D eigenvalue weighted by Crippen LogP contribution is 2.22. The van der Waals surface area contributed by atoms with E-state index in [1.54, 1.807) is 12.1 Å². The summed E-state index contributed by atoms with van der Waals surface area (Å²) in [7, 11) is -3.53. The summed E-state index contributed by atoms with van der Waals surface area (Å²) in [6, 6.07) is 6.04. The number of nitrogens with zero attached hydrogens (tertiary/aromatic N) is 1. The summed E-state index contributed by atoms with van der Waals surface area (Å²) in [5, 5.41) is 3.35. The largest absolute Gasteiger partial charge is 0.353 e. The van der Waals surface area contributed by atoms with E-state index in [-0.39, 0.29) is 35.5 Å². The van der Waals surface area contributed by atoms with Gasteiger partial charge in [-0.2, -0.15) is 4.31 Å². The van der Waals surface area contributed by atoms with E-state index in [0.717, 1.165) is 0 Å². The first-order chi connectivity index (χ1) is 11.3. The normalized spacial score (nSPS) is 16.8. The number of halogens is 1. The van der Waals surface area contributed by atoms with Gasteiger partial charge in [-0.1, -0.05) is 11.6 Å². The van der Waals surface area contributed by atoms with E-state index in [1.807, 2.05) is 0 Å². The van der Waals surface area contributed by atoms with Gasteiger partial charge in [0.2, 0.25) is 15.9 Å². The molecule has 1 aromatic rings. The first-order valence-corrected chi connectivity index (χ1v) is 9.65. The van der Waals surface area contributed by atoms with Gasteiger partial charge >= 0.3 is 0 Å². The lowest BCUT2D eigenvalue weighted by Gasteiger charge is -2.31. The van der Waals surface area contributed by atoms with Crippen LogP contribution in [0.5, 0.6) is 0 Å². The van der Waals surface area contributed by atoms with Crippen LogP contribution in [-0.2, 0) is 19.6 Å². The molecule has 0 aromatic heterocycles. The SMILES string of the molecule is CC(=O)CCC(=O)NC1CCN(S(=O)(=O)c2ccc(Cl)cc2)CC1. The van der Waals surface area contributed by atoms with Crippen LogP contribution in [0.25, 0.3) is 0 Å². The Labute approximate surface area is 147 Å². The molecule has 24 heavy (non-hydrogen) atoms. The molecular formula is C16H21ClN2O4S. The number of Topliss-reactive ketones (excluding diaryl/α,β-unsaturated/α-hetero) is 1. The Morgan fingerprint density at radius 3 is 2.29 bits per heavy atom. The smallest absolute Gasteiger partial charge is 0.243 e. The molecule has 132 valence electrons. The zero-order chi connectivity index (χ0) is 17.7. The number of carbonyl (C=O) groups excluding carboxylic acids is 2. The van der Waals surface area contributed by atoms with Gasteiger partial charge in [0.25, 0.3) is 0 Å². The van der Waals surface area contributed by atoms with Crippen molar-refractivity contribution in [2.75, 3.05) is 13.1 Å². The fourth-order valence-corrected chi connectivity index (χ4v) is 4.18. The summed E-state index contributed by atoms with van der Waals surface area (Å²) >= 11 is 5.79. The first kappa shape index (κ1) is 18.9. The number of nitrogens with one attached hydrogen (secondary N) is 1. The average molecular weight is 373 g/mol. The van der Waals surface area contributed by atoms with E-state index >= 15 is 0 Å². The molecule has 0 aliphatic carbocycles. The van der Waals surface area contributed by atoms with Crippen LogP contribution >= 0.6 is 11.6 Å². The molecule has 0 spiro atoms. The standard InChI is InChI=1S/C16H21ClN2O4S/c1-12(20)2-7-16(21)18-14-8-10-19(11-9-14)24(22,23)15-5-3-13(17)4-6-15/h3-6,14H,2,7-11H2,1H3,(H,18,21). The monoisotopic (exact) mass is 372 g/mol. The number of sulfonamides is 1. The maximum atomic E-state index is 12.6. The Balaban J connectivity index is 1.89. The van der Waals surface area contributed by atoms with Crippen molar-refractivity contribution in [1.29, 1.82) is 0 Å². The summed E-state index contributed by atoms with van der Waals surface area (Å²) in [6.07, 6.45) is 1.52. The van der Waals surface area contributed by atoms with Crippen LogP contribution in [-0.4, -0.2) is 43.5 Å². The zero-order valence-corrected chi connectivity index (χ0v) is 15.1. The van der Waals surface area contributed by atoms with E-state index in [2.05, 4.69) is 5.32 Å². The Kier molecular flexibility index (Phi) is 6.37. The second kappa shape index (κ2) is 8.09. The fourth-order valence-electron chi connectivity index (χ4n) is 2.59. The van der Waals surface area contributed by atoms with Crippen molar-refractivity contribution in [1.82, 2.24) is 9.62 Å². The van der Waals surface area contributed by atoms with Gasteiger partial charge in [-0.3, -0.25) is 4.79 Å². The summed E-state index contributed by atoms with van der Waals surface area (Å²) < 4.78 is 26.6. The number of hydrogen-bond acceptors (Lipinski definition) is 4. The molecule has 6 nitrogen and oxygen atoms in total. The molecule has 0 atom stereocenters. The van der Waals surface area contributed by atoms with Crippen LogP contribution < -0.4 is 5.32 Å². The van der Waals surface area contributed by atoms with Crippen LogP contribution in [0.15, 0.2) is 29.2 Å². The first-order valence-electron chi connectivity index (χ1n) is 7.83. The van der Waals surface area contributed by atoms with Gasteiger partial charge in [-0.15, -0.1) is 0 Å². The molecule has 0 bridgehead atoms. The summed E-state index contributed by atoms with van der Waals surface area (Å²) in [6.45, 7) is 2.15. The Morgan fingerprint density at radius 2 is 1.75 bits per heavy atom. The molecule has 0 radical (unpaired) electrons. The van der Waals surface area contributed by atoms with E-state index in [4.69, 9.17) is 11.6 Å². The van der Waals surface area contributed by atoms with Crippen molar-refractivity contribution in [2.24, 2.45) is 0 Å². The number of rotatable bonds is 6.